The van der Waals surface area contributed by atoms with Crippen LogP contribution in [0, 0.1) is 16.7 Å². The van der Waals surface area contributed by atoms with Gasteiger partial charge in [0.05, 0.1) is 55.3 Å². The average molecular weight is 557 g/mol. The lowest BCUT2D eigenvalue weighted by atomic mass is 9.96. The van der Waals surface area contributed by atoms with Gasteiger partial charge in [-0.3, -0.25) is 4.98 Å². The average Bonchev–Trinajstić information content (AvgIpc) is 3.29. The van der Waals surface area contributed by atoms with E-state index >= 15 is 0 Å². The standard InChI is InChI=1S/C29H29ClN8S/c1-28(2,3)15-33-24-17(12-31)13-32-25-20(24)10-18(11-21(25)30)35-26(19-6-5-7-22-27(19)39-16-34-22)23-14-38(37-36-23)29(4)8-9-29/h5-7,10-11,13-14,16,26,35H,8-9,15H2,1-4H3,(H,32,33). The van der Waals surface area contributed by atoms with Gasteiger partial charge in [-0.15, -0.1) is 16.4 Å². The molecule has 1 unspecified atom stereocenters. The van der Waals surface area contributed by atoms with Crippen LogP contribution in [0.1, 0.15) is 63.4 Å². The van der Waals surface area contributed by atoms with Gasteiger partial charge in [-0.2, -0.15) is 5.26 Å². The van der Waals surface area contributed by atoms with Gasteiger partial charge >= 0.3 is 0 Å². The molecule has 3 heterocycles. The molecule has 2 aromatic carbocycles. The van der Waals surface area contributed by atoms with Crippen LogP contribution in [0.4, 0.5) is 11.4 Å². The molecule has 1 saturated carbocycles. The number of aromatic nitrogens is 5. The Hall–Kier alpha value is -3.74. The maximum Gasteiger partial charge on any atom is 0.110 e. The van der Waals surface area contributed by atoms with E-state index in [1.165, 1.54) is 0 Å². The van der Waals surface area contributed by atoms with E-state index in [-0.39, 0.29) is 17.0 Å². The van der Waals surface area contributed by atoms with E-state index < -0.39 is 0 Å². The van der Waals surface area contributed by atoms with Crippen LogP contribution in [0.5, 0.6) is 0 Å². The fraction of sp³-hybridized carbons (Fsp3) is 0.345. The smallest absolute Gasteiger partial charge is 0.110 e. The third kappa shape index (κ3) is 4.90. The highest BCUT2D eigenvalue weighted by Gasteiger charge is 2.41. The largest absolute Gasteiger partial charge is 0.383 e. The van der Waals surface area contributed by atoms with Crippen molar-refractivity contribution in [3.8, 4) is 6.07 Å². The van der Waals surface area contributed by atoms with Crippen LogP contribution in [-0.2, 0) is 5.54 Å². The fourth-order valence-electron chi connectivity index (χ4n) is 4.67. The number of fused-ring (bicyclic) bond motifs is 2. The molecule has 10 heteroatoms. The number of benzene rings is 2. The van der Waals surface area contributed by atoms with Gasteiger partial charge in [-0.25, -0.2) is 9.67 Å². The van der Waals surface area contributed by atoms with Crippen molar-refractivity contribution in [2.45, 2.75) is 52.1 Å². The minimum absolute atomic E-state index is 0.0184. The van der Waals surface area contributed by atoms with Gasteiger partial charge in [0.1, 0.15) is 11.8 Å². The lowest BCUT2D eigenvalue weighted by molar-refractivity contribution is 0.443. The maximum absolute atomic E-state index is 9.84. The van der Waals surface area contributed by atoms with Gasteiger partial charge in [0, 0.05) is 23.8 Å². The first-order valence-electron chi connectivity index (χ1n) is 12.9. The number of pyridine rings is 1. The van der Waals surface area contributed by atoms with Gasteiger partial charge in [-0.05, 0) is 48.9 Å². The molecule has 1 fully saturated rings. The molecule has 0 saturated heterocycles. The van der Waals surface area contributed by atoms with Crippen LogP contribution < -0.4 is 10.6 Å². The van der Waals surface area contributed by atoms with Crippen LogP contribution in [0.2, 0.25) is 5.02 Å². The molecule has 0 bridgehead atoms. The molecule has 1 aliphatic carbocycles. The molecule has 0 radical (unpaired) electrons. The summed E-state index contributed by atoms with van der Waals surface area (Å²) in [6.45, 7) is 9.33. The van der Waals surface area contributed by atoms with Crippen molar-refractivity contribution in [3.63, 3.8) is 0 Å². The molecule has 8 nitrogen and oxygen atoms in total. The Kier molecular flexibility index (Phi) is 6.20. The Morgan fingerprint density at radius 3 is 2.79 bits per heavy atom. The number of anilines is 2. The normalized spacial score (nSPS) is 15.3. The first-order valence-corrected chi connectivity index (χ1v) is 14.2. The Morgan fingerprint density at radius 1 is 1.23 bits per heavy atom. The number of nitrogens with zero attached hydrogens (tertiary/aromatic N) is 6. The summed E-state index contributed by atoms with van der Waals surface area (Å²) in [4.78, 5) is 9.03. The zero-order valence-corrected chi connectivity index (χ0v) is 23.9. The second kappa shape index (κ2) is 9.47. The predicted octanol–water partition coefficient (Wildman–Crippen LogP) is 7.13. The van der Waals surface area contributed by atoms with E-state index in [0.29, 0.717) is 22.6 Å². The lowest BCUT2D eigenvalue weighted by Gasteiger charge is -2.22. The van der Waals surface area contributed by atoms with Gasteiger partial charge in [-0.1, -0.05) is 49.7 Å². The van der Waals surface area contributed by atoms with Crippen molar-refractivity contribution in [1.29, 1.82) is 5.26 Å². The van der Waals surface area contributed by atoms with E-state index in [2.05, 4.69) is 70.7 Å². The maximum atomic E-state index is 9.84. The summed E-state index contributed by atoms with van der Waals surface area (Å²) in [5.74, 6) is 0. The lowest BCUT2D eigenvalue weighted by Crippen LogP contribution is -2.20. The number of thiazole rings is 1. The quantitative estimate of drug-likeness (QED) is 0.220. The molecule has 0 amide bonds. The van der Waals surface area contributed by atoms with Gasteiger partial charge in [0.2, 0.25) is 0 Å². The molecule has 0 spiro atoms. The van der Waals surface area contributed by atoms with Crippen LogP contribution in [0.3, 0.4) is 0 Å². The molecule has 1 aliphatic rings. The van der Waals surface area contributed by atoms with Crippen molar-refractivity contribution in [3.05, 3.63) is 70.1 Å². The van der Waals surface area contributed by atoms with Gasteiger partial charge in [0.15, 0.2) is 0 Å². The summed E-state index contributed by atoms with van der Waals surface area (Å²) in [5.41, 5.74) is 7.39. The van der Waals surface area contributed by atoms with E-state index in [1.807, 2.05) is 40.7 Å². The second-order valence-corrected chi connectivity index (χ2v) is 12.9. The van der Waals surface area contributed by atoms with E-state index in [9.17, 15) is 5.26 Å². The number of nitrogens with one attached hydrogen (secondary N) is 2. The Morgan fingerprint density at radius 2 is 2.05 bits per heavy atom. The van der Waals surface area contributed by atoms with E-state index in [1.54, 1.807) is 17.5 Å². The molecule has 1 atom stereocenters. The number of halogens is 1. The first kappa shape index (κ1) is 25.5. The molecule has 6 rings (SSSR count). The SMILES string of the molecule is CC(C)(C)CNc1c(C#N)cnc2c(Cl)cc(NC(c3cn(C4(C)CC4)nn3)c3cccc4ncsc34)cc12. The molecule has 39 heavy (non-hydrogen) atoms. The van der Waals surface area contributed by atoms with E-state index in [0.717, 1.165) is 51.1 Å². The molecule has 5 aromatic rings. The topological polar surface area (TPSA) is 104 Å². The number of hydrogen-bond donors (Lipinski definition) is 2. The van der Waals surface area contributed by atoms with Crippen molar-refractivity contribution in [2.75, 3.05) is 17.2 Å². The summed E-state index contributed by atoms with van der Waals surface area (Å²) in [5, 5.41) is 27.4. The highest BCUT2D eigenvalue weighted by molar-refractivity contribution is 7.17. The van der Waals surface area contributed by atoms with Crippen LogP contribution in [0.15, 0.2) is 48.2 Å². The molecular formula is C29H29ClN8S. The summed E-state index contributed by atoms with van der Waals surface area (Å²) in [6.07, 6.45) is 5.81. The summed E-state index contributed by atoms with van der Waals surface area (Å²) < 4.78 is 3.07. The van der Waals surface area contributed by atoms with E-state index in [4.69, 9.17) is 11.6 Å². The molecule has 0 aliphatic heterocycles. The third-order valence-electron chi connectivity index (χ3n) is 7.18. The molecule has 2 N–H and O–H groups in total. The van der Waals surface area contributed by atoms with Crippen molar-refractivity contribution >= 4 is 55.4 Å². The Labute approximate surface area is 236 Å². The third-order valence-corrected chi connectivity index (χ3v) is 8.36. The number of nitriles is 1. The van der Waals surface area contributed by atoms with Crippen molar-refractivity contribution in [2.24, 2.45) is 5.41 Å². The van der Waals surface area contributed by atoms with Crippen LogP contribution in [-0.4, -0.2) is 31.5 Å². The van der Waals surface area contributed by atoms with Crippen LogP contribution in [0.25, 0.3) is 21.1 Å². The highest BCUT2D eigenvalue weighted by Crippen LogP contribution is 2.43. The van der Waals surface area contributed by atoms with Crippen molar-refractivity contribution in [1.82, 2.24) is 25.0 Å². The highest BCUT2D eigenvalue weighted by atomic mass is 35.5. The molecular weight excluding hydrogens is 528 g/mol. The fourth-order valence-corrected chi connectivity index (χ4v) is 5.77. The summed E-state index contributed by atoms with van der Waals surface area (Å²) >= 11 is 8.40. The zero-order chi connectivity index (χ0) is 27.4. The summed E-state index contributed by atoms with van der Waals surface area (Å²) in [6, 6.07) is 12.0. The number of hydrogen-bond acceptors (Lipinski definition) is 8. The Balaban J connectivity index is 1.47. The summed E-state index contributed by atoms with van der Waals surface area (Å²) in [7, 11) is 0. The first-order chi connectivity index (χ1) is 18.6. The van der Waals surface area contributed by atoms with Gasteiger partial charge < -0.3 is 10.6 Å². The zero-order valence-electron chi connectivity index (χ0n) is 22.3. The van der Waals surface area contributed by atoms with Crippen LogP contribution >= 0.6 is 22.9 Å². The van der Waals surface area contributed by atoms with Gasteiger partial charge in [0.25, 0.3) is 0 Å². The predicted molar refractivity (Wildman–Crippen MR) is 157 cm³/mol. The van der Waals surface area contributed by atoms with Crippen molar-refractivity contribution < 1.29 is 0 Å². The minimum Gasteiger partial charge on any atom is -0.383 e. The monoisotopic (exact) mass is 556 g/mol. The molecule has 3 aromatic heterocycles. The molecule has 198 valence electrons. The number of rotatable bonds is 7. The minimum atomic E-state index is -0.295. The Bertz CT molecular complexity index is 1740. The second-order valence-electron chi connectivity index (χ2n) is 11.6.